The summed E-state index contributed by atoms with van der Waals surface area (Å²) in [5.41, 5.74) is -1.33. The number of carbonyl (C=O) groups is 1. The number of rotatable bonds is 4. The summed E-state index contributed by atoms with van der Waals surface area (Å²) in [6.45, 7) is 0. The molecule has 0 amide bonds. The molecule has 100 valence electrons. The molecule has 0 aliphatic heterocycles. The molecule has 0 atom stereocenters. The van der Waals surface area contributed by atoms with Crippen LogP contribution in [0.25, 0.3) is 0 Å². The van der Waals surface area contributed by atoms with E-state index in [1.165, 1.54) is 0 Å². The molecule has 9 heteroatoms. The highest BCUT2D eigenvalue weighted by molar-refractivity contribution is 7.89. The molecule has 1 aromatic carbocycles. The van der Waals surface area contributed by atoms with E-state index in [1.807, 2.05) is 0 Å². The lowest BCUT2D eigenvalue weighted by Crippen LogP contribution is -2.27. The predicted octanol–water partition coefficient (Wildman–Crippen LogP) is 0.845. The molecule has 0 saturated carbocycles. The van der Waals surface area contributed by atoms with Gasteiger partial charge in [-0.1, -0.05) is 4.47 Å². The van der Waals surface area contributed by atoms with Gasteiger partial charge in [-0.3, -0.25) is 4.84 Å². The molecular formula is C9H9F2NO5S. The monoisotopic (exact) mass is 281 g/mol. The Hall–Kier alpha value is -1.58. The van der Waals surface area contributed by atoms with E-state index in [4.69, 9.17) is 5.11 Å². The predicted molar refractivity (Wildman–Crippen MR) is 55.3 cm³/mol. The molecule has 0 heterocycles. The van der Waals surface area contributed by atoms with E-state index < -0.39 is 38.1 Å². The fraction of sp³-hybridized carbons (Fsp3) is 0.222. The van der Waals surface area contributed by atoms with Crippen LogP contribution in [0.2, 0.25) is 0 Å². The zero-order valence-corrected chi connectivity index (χ0v) is 10.2. The van der Waals surface area contributed by atoms with Gasteiger partial charge in [0.25, 0.3) is 10.0 Å². The maximum atomic E-state index is 13.7. The molecule has 0 aliphatic rings. The molecule has 0 radical (unpaired) electrons. The largest absolute Gasteiger partial charge is 0.477 e. The van der Waals surface area contributed by atoms with E-state index in [9.17, 15) is 22.0 Å². The average Bonchev–Trinajstić information content (AvgIpc) is 2.26. The quantitative estimate of drug-likeness (QED) is 0.827. The first-order valence-electron chi connectivity index (χ1n) is 4.47. The number of benzene rings is 1. The lowest BCUT2D eigenvalue weighted by molar-refractivity contribution is -0.0260. The Morgan fingerprint density at radius 2 is 1.94 bits per heavy atom. The number of carboxylic acids is 1. The second-order valence-corrected chi connectivity index (χ2v) is 5.04. The molecule has 1 rings (SSSR count). The Bertz CT molecular complexity index is 587. The van der Waals surface area contributed by atoms with Gasteiger partial charge in [-0.05, 0) is 12.1 Å². The number of hydrogen-bond acceptors (Lipinski definition) is 4. The topological polar surface area (TPSA) is 83.9 Å². The number of nitrogens with zero attached hydrogens (tertiary/aromatic N) is 1. The number of sulfonamides is 1. The first-order chi connectivity index (χ1) is 8.23. The number of carboxylic acid groups (broad SMARTS) is 1. The highest BCUT2D eigenvalue weighted by Crippen LogP contribution is 2.23. The van der Waals surface area contributed by atoms with Gasteiger partial charge in [0.15, 0.2) is 5.82 Å². The lowest BCUT2D eigenvalue weighted by atomic mass is 10.2. The van der Waals surface area contributed by atoms with Crippen LogP contribution < -0.4 is 0 Å². The van der Waals surface area contributed by atoms with Crippen molar-refractivity contribution in [3.8, 4) is 0 Å². The molecule has 0 aliphatic carbocycles. The molecule has 0 fully saturated rings. The van der Waals surface area contributed by atoms with E-state index in [0.717, 1.165) is 14.2 Å². The van der Waals surface area contributed by atoms with Crippen LogP contribution in [0.15, 0.2) is 17.0 Å². The van der Waals surface area contributed by atoms with Crippen LogP contribution in [-0.2, 0) is 14.9 Å². The van der Waals surface area contributed by atoms with E-state index in [-0.39, 0.29) is 0 Å². The normalized spacial score (nSPS) is 11.8. The SMILES string of the molecule is CON(C)S(=O)(=O)c1ccc(F)c(C(=O)O)c1F. The van der Waals surface area contributed by atoms with Crippen molar-refractivity contribution >= 4 is 16.0 Å². The second-order valence-electron chi connectivity index (χ2n) is 3.14. The summed E-state index contributed by atoms with van der Waals surface area (Å²) in [7, 11) is -2.38. The maximum absolute atomic E-state index is 13.7. The van der Waals surface area contributed by atoms with Gasteiger partial charge < -0.3 is 5.11 Å². The van der Waals surface area contributed by atoms with Crippen molar-refractivity contribution in [3.05, 3.63) is 29.3 Å². The summed E-state index contributed by atoms with van der Waals surface area (Å²) < 4.78 is 50.5. The van der Waals surface area contributed by atoms with Crippen LogP contribution in [0, 0.1) is 11.6 Å². The van der Waals surface area contributed by atoms with Crippen molar-refractivity contribution in [2.24, 2.45) is 0 Å². The van der Waals surface area contributed by atoms with Gasteiger partial charge in [-0.15, -0.1) is 0 Å². The third-order valence-corrected chi connectivity index (χ3v) is 3.84. The molecule has 0 unspecified atom stereocenters. The highest BCUT2D eigenvalue weighted by Gasteiger charge is 2.30. The molecule has 1 N–H and O–H groups in total. The van der Waals surface area contributed by atoms with Crippen LogP contribution in [0.1, 0.15) is 10.4 Å². The second kappa shape index (κ2) is 4.96. The average molecular weight is 281 g/mol. The third kappa shape index (κ3) is 2.33. The summed E-state index contributed by atoms with van der Waals surface area (Å²) in [6, 6.07) is 1.19. The fourth-order valence-corrected chi connectivity index (χ4v) is 2.21. The Balaban J connectivity index is 3.55. The van der Waals surface area contributed by atoms with E-state index in [1.54, 1.807) is 0 Å². The van der Waals surface area contributed by atoms with Crippen molar-refractivity contribution in [3.63, 3.8) is 0 Å². The van der Waals surface area contributed by atoms with Gasteiger partial charge in [-0.25, -0.2) is 22.0 Å². The Labute approximate surface area is 101 Å². The summed E-state index contributed by atoms with van der Waals surface area (Å²) >= 11 is 0. The molecule has 0 bridgehead atoms. The number of hydrogen-bond donors (Lipinski definition) is 1. The van der Waals surface area contributed by atoms with Crippen LogP contribution >= 0.6 is 0 Å². The van der Waals surface area contributed by atoms with Crippen LogP contribution in [0.3, 0.4) is 0 Å². The fourth-order valence-electron chi connectivity index (χ4n) is 1.17. The minimum Gasteiger partial charge on any atom is -0.477 e. The van der Waals surface area contributed by atoms with Crippen molar-refractivity contribution < 1.29 is 31.9 Å². The Morgan fingerprint density at radius 1 is 1.39 bits per heavy atom. The first-order valence-corrected chi connectivity index (χ1v) is 5.91. The smallest absolute Gasteiger partial charge is 0.341 e. The van der Waals surface area contributed by atoms with Gasteiger partial charge in [0.1, 0.15) is 16.3 Å². The first kappa shape index (κ1) is 14.5. The molecule has 0 aromatic heterocycles. The molecule has 6 nitrogen and oxygen atoms in total. The standard InChI is InChI=1S/C9H9F2NO5S/c1-12(17-2)18(15,16)6-4-3-5(10)7(8(6)11)9(13)14/h3-4H,1-2H3,(H,13,14). The number of hydroxylamine groups is 1. The van der Waals surface area contributed by atoms with Gasteiger partial charge in [0.2, 0.25) is 0 Å². The van der Waals surface area contributed by atoms with Crippen LogP contribution in [0.5, 0.6) is 0 Å². The zero-order chi connectivity index (χ0) is 14.1. The molecule has 18 heavy (non-hydrogen) atoms. The van der Waals surface area contributed by atoms with E-state index >= 15 is 0 Å². The Morgan fingerprint density at radius 3 is 2.39 bits per heavy atom. The number of halogens is 2. The summed E-state index contributed by atoms with van der Waals surface area (Å²) in [4.78, 5) is 14.1. The number of aromatic carboxylic acids is 1. The molecule has 1 aromatic rings. The molecule has 0 saturated heterocycles. The van der Waals surface area contributed by atoms with E-state index in [2.05, 4.69) is 4.84 Å². The van der Waals surface area contributed by atoms with Gasteiger partial charge >= 0.3 is 5.97 Å². The van der Waals surface area contributed by atoms with Gasteiger partial charge in [0.05, 0.1) is 7.11 Å². The summed E-state index contributed by atoms with van der Waals surface area (Å²) in [5, 5.41) is 8.61. The van der Waals surface area contributed by atoms with Crippen molar-refractivity contribution in [2.45, 2.75) is 4.90 Å². The van der Waals surface area contributed by atoms with E-state index in [0.29, 0.717) is 16.6 Å². The van der Waals surface area contributed by atoms with Crippen molar-refractivity contribution in [1.29, 1.82) is 0 Å². The van der Waals surface area contributed by atoms with Gasteiger partial charge in [0, 0.05) is 7.05 Å². The van der Waals surface area contributed by atoms with Crippen molar-refractivity contribution in [1.82, 2.24) is 4.47 Å². The third-order valence-electron chi connectivity index (χ3n) is 2.14. The highest BCUT2D eigenvalue weighted by atomic mass is 32.2. The maximum Gasteiger partial charge on any atom is 0.341 e. The Kier molecular flexibility index (Phi) is 3.99. The summed E-state index contributed by atoms with van der Waals surface area (Å²) in [6.07, 6.45) is 0. The van der Waals surface area contributed by atoms with Crippen LogP contribution in [-0.4, -0.2) is 38.1 Å². The van der Waals surface area contributed by atoms with Crippen molar-refractivity contribution in [2.75, 3.05) is 14.2 Å². The minimum atomic E-state index is -4.39. The lowest BCUT2D eigenvalue weighted by Gasteiger charge is -2.15. The zero-order valence-electron chi connectivity index (χ0n) is 9.35. The van der Waals surface area contributed by atoms with Gasteiger partial charge in [-0.2, -0.15) is 0 Å². The minimum absolute atomic E-state index is 0.328. The summed E-state index contributed by atoms with van der Waals surface area (Å²) in [5.74, 6) is -4.94. The molecular weight excluding hydrogens is 272 g/mol. The molecule has 0 spiro atoms. The van der Waals surface area contributed by atoms with Crippen LogP contribution in [0.4, 0.5) is 8.78 Å².